The van der Waals surface area contributed by atoms with E-state index in [1.54, 1.807) is 17.5 Å². The minimum Gasteiger partial charge on any atom is -0.364 e. The molecule has 0 fully saturated rings. The van der Waals surface area contributed by atoms with E-state index in [-0.39, 0.29) is 0 Å². The van der Waals surface area contributed by atoms with E-state index in [1.165, 1.54) is 4.88 Å². The van der Waals surface area contributed by atoms with Crippen molar-refractivity contribution in [2.45, 2.75) is 13.5 Å². The van der Waals surface area contributed by atoms with Gasteiger partial charge in [-0.25, -0.2) is 9.97 Å². The fraction of sp³-hybridized carbons (Fsp3) is 0.200. The van der Waals surface area contributed by atoms with Gasteiger partial charge in [0.25, 0.3) is 0 Å². The summed E-state index contributed by atoms with van der Waals surface area (Å²) in [7, 11) is 0. The van der Waals surface area contributed by atoms with Gasteiger partial charge in [0.15, 0.2) is 0 Å². The van der Waals surface area contributed by atoms with Crippen molar-refractivity contribution in [3.63, 3.8) is 0 Å². The fourth-order valence-electron chi connectivity index (χ4n) is 1.20. The molecule has 6 heteroatoms. The van der Waals surface area contributed by atoms with Crippen LogP contribution in [-0.2, 0) is 6.54 Å². The van der Waals surface area contributed by atoms with Crippen LogP contribution < -0.4 is 5.32 Å². The van der Waals surface area contributed by atoms with Crippen molar-refractivity contribution in [2.75, 3.05) is 5.32 Å². The van der Waals surface area contributed by atoms with Crippen LogP contribution in [0.5, 0.6) is 0 Å². The van der Waals surface area contributed by atoms with Gasteiger partial charge in [-0.3, -0.25) is 0 Å². The zero-order chi connectivity index (χ0) is 11.5. The fourth-order valence-corrected chi connectivity index (χ4v) is 2.70. The number of halogens is 2. The highest BCUT2D eigenvalue weighted by molar-refractivity contribution is 9.10. The molecule has 2 aromatic rings. The van der Waals surface area contributed by atoms with Crippen LogP contribution in [0.4, 0.5) is 5.82 Å². The summed E-state index contributed by atoms with van der Waals surface area (Å²) in [5.41, 5.74) is 2.90. The van der Waals surface area contributed by atoms with Crippen LogP contribution in [-0.4, -0.2) is 9.97 Å². The molecule has 0 aliphatic heterocycles. The van der Waals surface area contributed by atoms with E-state index < -0.39 is 0 Å². The molecule has 0 radical (unpaired) electrons. The lowest BCUT2D eigenvalue weighted by Gasteiger charge is -2.06. The van der Waals surface area contributed by atoms with Crippen LogP contribution in [0.15, 0.2) is 22.2 Å². The zero-order valence-electron chi connectivity index (χ0n) is 8.50. The summed E-state index contributed by atoms with van der Waals surface area (Å²) in [6.45, 7) is 2.72. The van der Waals surface area contributed by atoms with E-state index in [0.717, 1.165) is 22.5 Å². The smallest absolute Gasteiger partial charge is 0.140 e. The number of aromatic nitrogens is 2. The van der Waals surface area contributed by atoms with E-state index in [2.05, 4.69) is 31.2 Å². The van der Waals surface area contributed by atoms with Crippen LogP contribution in [0.25, 0.3) is 0 Å². The molecule has 0 atom stereocenters. The van der Waals surface area contributed by atoms with Gasteiger partial charge in [-0.15, -0.1) is 11.3 Å². The molecule has 84 valence electrons. The molecule has 0 aliphatic carbocycles. The van der Waals surface area contributed by atoms with E-state index >= 15 is 0 Å². The topological polar surface area (TPSA) is 37.8 Å². The Bertz CT molecular complexity index is 501. The normalized spacial score (nSPS) is 10.4. The van der Waals surface area contributed by atoms with Crippen molar-refractivity contribution in [3.05, 3.63) is 37.8 Å². The van der Waals surface area contributed by atoms with Crippen molar-refractivity contribution in [3.8, 4) is 0 Å². The van der Waals surface area contributed by atoms with Gasteiger partial charge in [0.1, 0.15) is 5.82 Å². The maximum atomic E-state index is 5.81. The van der Waals surface area contributed by atoms with Gasteiger partial charge in [-0.1, -0.05) is 11.6 Å². The molecule has 1 N–H and O–H groups in total. The van der Waals surface area contributed by atoms with Gasteiger partial charge >= 0.3 is 0 Å². The number of aryl methyl sites for hydroxylation is 1. The summed E-state index contributed by atoms with van der Waals surface area (Å²) >= 11 is 10.9. The summed E-state index contributed by atoms with van der Waals surface area (Å²) in [4.78, 5) is 9.60. The minimum absolute atomic E-state index is 0.617. The first kappa shape index (κ1) is 11.8. The maximum Gasteiger partial charge on any atom is 0.140 e. The van der Waals surface area contributed by atoms with Gasteiger partial charge in [0.05, 0.1) is 27.2 Å². The molecule has 2 aromatic heterocycles. The Labute approximate surface area is 111 Å². The molecule has 2 rings (SSSR count). The molecule has 0 aliphatic rings. The number of hydrogen-bond donors (Lipinski definition) is 1. The molecule has 0 saturated carbocycles. The Kier molecular flexibility index (Phi) is 3.78. The molecule has 16 heavy (non-hydrogen) atoms. The first-order chi connectivity index (χ1) is 7.66. The largest absolute Gasteiger partial charge is 0.364 e. The van der Waals surface area contributed by atoms with E-state index in [9.17, 15) is 0 Å². The van der Waals surface area contributed by atoms with Gasteiger partial charge < -0.3 is 5.32 Å². The van der Waals surface area contributed by atoms with Crippen molar-refractivity contribution >= 4 is 44.7 Å². The van der Waals surface area contributed by atoms with Gasteiger partial charge in [0.2, 0.25) is 0 Å². The van der Waals surface area contributed by atoms with Gasteiger partial charge in [0, 0.05) is 11.1 Å². The van der Waals surface area contributed by atoms with Crippen LogP contribution >= 0.6 is 38.9 Å². The average Bonchev–Trinajstić information content (AvgIpc) is 2.63. The number of anilines is 1. The Hall–Kier alpha value is -0.650. The number of nitrogens with zero attached hydrogens (tertiary/aromatic N) is 2. The number of nitrogens with one attached hydrogen (secondary N) is 1. The predicted molar refractivity (Wildman–Crippen MR) is 71.1 cm³/mol. The highest BCUT2D eigenvalue weighted by Crippen LogP contribution is 2.24. The first-order valence-electron chi connectivity index (χ1n) is 4.60. The monoisotopic (exact) mass is 317 g/mol. The van der Waals surface area contributed by atoms with Crippen molar-refractivity contribution in [2.24, 2.45) is 0 Å². The Balaban J connectivity index is 2.08. The second-order valence-corrected chi connectivity index (χ2v) is 5.43. The molecule has 0 aromatic carbocycles. The van der Waals surface area contributed by atoms with E-state index in [0.29, 0.717) is 5.02 Å². The average molecular weight is 319 g/mol. The van der Waals surface area contributed by atoms with Crippen LogP contribution in [0.1, 0.15) is 10.6 Å². The van der Waals surface area contributed by atoms with Crippen LogP contribution in [0, 0.1) is 6.92 Å². The van der Waals surface area contributed by atoms with Crippen molar-refractivity contribution in [1.82, 2.24) is 9.97 Å². The van der Waals surface area contributed by atoms with Gasteiger partial charge in [-0.05, 0) is 28.9 Å². The third-order valence-electron chi connectivity index (χ3n) is 2.07. The molecule has 0 saturated heterocycles. The standard InChI is InChI=1S/C10H9BrClN3S/c1-6-9(16-5-15-6)4-14-10-8(11)2-7(12)3-13-10/h2-3,5H,4H2,1H3,(H,13,14). The first-order valence-corrected chi connectivity index (χ1v) is 6.66. The third-order valence-corrected chi connectivity index (χ3v) is 3.82. The van der Waals surface area contributed by atoms with Crippen LogP contribution in [0.3, 0.4) is 0 Å². The molecular formula is C10H9BrClN3S. The number of hydrogen-bond acceptors (Lipinski definition) is 4. The van der Waals surface area contributed by atoms with E-state index in [4.69, 9.17) is 11.6 Å². The summed E-state index contributed by atoms with van der Waals surface area (Å²) in [6.07, 6.45) is 1.62. The Morgan fingerprint density at radius 2 is 2.31 bits per heavy atom. The second-order valence-electron chi connectivity index (χ2n) is 3.20. The molecule has 0 unspecified atom stereocenters. The third kappa shape index (κ3) is 2.72. The lowest BCUT2D eigenvalue weighted by atomic mass is 10.4. The van der Waals surface area contributed by atoms with E-state index in [1.807, 2.05) is 18.5 Å². The Morgan fingerprint density at radius 3 is 2.94 bits per heavy atom. The highest BCUT2D eigenvalue weighted by Gasteiger charge is 2.04. The molecule has 0 spiro atoms. The minimum atomic E-state index is 0.617. The summed E-state index contributed by atoms with van der Waals surface area (Å²) in [6, 6.07) is 1.82. The number of pyridine rings is 1. The number of thiazole rings is 1. The van der Waals surface area contributed by atoms with Crippen molar-refractivity contribution in [1.29, 1.82) is 0 Å². The van der Waals surface area contributed by atoms with Crippen LogP contribution in [0.2, 0.25) is 5.02 Å². The maximum absolute atomic E-state index is 5.81. The highest BCUT2D eigenvalue weighted by atomic mass is 79.9. The molecule has 2 heterocycles. The molecular weight excluding hydrogens is 310 g/mol. The predicted octanol–water partition coefficient (Wildman–Crippen LogP) is 3.87. The quantitative estimate of drug-likeness (QED) is 0.933. The SMILES string of the molecule is Cc1ncsc1CNc1ncc(Cl)cc1Br. The Morgan fingerprint density at radius 1 is 1.50 bits per heavy atom. The summed E-state index contributed by atoms with van der Waals surface area (Å²) in [5, 5.41) is 3.85. The summed E-state index contributed by atoms with van der Waals surface area (Å²) in [5.74, 6) is 0.789. The molecule has 3 nitrogen and oxygen atoms in total. The van der Waals surface area contributed by atoms with Crippen molar-refractivity contribution < 1.29 is 0 Å². The zero-order valence-corrected chi connectivity index (χ0v) is 11.7. The molecule has 0 amide bonds. The molecule has 0 bridgehead atoms. The lowest BCUT2D eigenvalue weighted by molar-refractivity contribution is 1.09. The lowest BCUT2D eigenvalue weighted by Crippen LogP contribution is -2.01. The second kappa shape index (κ2) is 5.12. The van der Waals surface area contributed by atoms with Gasteiger partial charge in [-0.2, -0.15) is 0 Å². The summed E-state index contributed by atoms with van der Waals surface area (Å²) < 4.78 is 0.863. The number of rotatable bonds is 3.